The van der Waals surface area contributed by atoms with E-state index in [1.807, 2.05) is 18.2 Å². The van der Waals surface area contributed by atoms with Crippen LogP contribution in [0.1, 0.15) is 24.7 Å². The number of hydrogen-bond donors (Lipinski definition) is 1. The number of imidazole rings is 1. The summed E-state index contributed by atoms with van der Waals surface area (Å²) in [5, 5.41) is 3.49. The van der Waals surface area contributed by atoms with Gasteiger partial charge in [-0.25, -0.2) is 4.98 Å². The summed E-state index contributed by atoms with van der Waals surface area (Å²) in [6.45, 7) is 0.693. The first kappa shape index (κ1) is 12.8. The highest BCUT2D eigenvalue weighted by molar-refractivity contribution is 6.31. The molecule has 3 rings (SSSR count). The number of nitrogens with one attached hydrogen (secondary N) is 1. The summed E-state index contributed by atoms with van der Waals surface area (Å²) in [5.74, 6) is 1.19. The molecule has 2 aromatic rings. The topological polar surface area (TPSA) is 46.9 Å². The fourth-order valence-corrected chi connectivity index (χ4v) is 2.97. The SMILES string of the molecule is O=C1CC(n2c(CCl)nc3cc(Cl)ccc32)CCN1. The molecule has 1 amide bonds. The zero-order valence-corrected chi connectivity index (χ0v) is 11.7. The van der Waals surface area contributed by atoms with E-state index >= 15 is 0 Å². The Morgan fingerprint density at radius 2 is 2.32 bits per heavy atom. The lowest BCUT2D eigenvalue weighted by Gasteiger charge is -2.25. The second-order valence-electron chi connectivity index (χ2n) is 4.66. The van der Waals surface area contributed by atoms with Crippen LogP contribution in [-0.4, -0.2) is 22.0 Å². The van der Waals surface area contributed by atoms with E-state index in [4.69, 9.17) is 23.2 Å². The van der Waals surface area contributed by atoms with Crippen LogP contribution in [0.5, 0.6) is 0 Å². The molecule has 1 atom stereocenters. The summed E-state index contributed by atoms with van der Waals surface area (Å²) in [4.78, 5) is 16.1. The molecular formula is C13H13Cl2N3O. The van der Waals surface area contributed by atoms with E-state index in [-0.39, 0.29) is 11.9 Å². The monoisotopic (exact) mass is 297 g/mol. The van der Waals surface area contributed by atoms with Crippen molar-refractivity contribution < 1.29 is 4.79 Å². The van der Waals surface area contributed by atoms with Crippen molar-refractivity contribution >= 4 is 40.1 Å². The quantitative estimate of drug-likeness (QED) is 0.867. The van der Waals surface area contributed by atoms with E-state index in [1.165, 1.54) is 0 Å². The number of nitrogens with zero attached hydrogens (tertiary/aromatic N) is 2. The number of amides is 1. The van der Waals surface area contributed by atoms with Crippen LogP contribution in [0.2, 0.25) is 5.02 Å². The van der Waals surface area contributed by atoms with Gasteiger partial charge in [-0.1, -0.05) is 11.6 Å². The molecule has 1 fully saturated rings. The van der Waals surface area contributed by atoms with E-state index < -0.39 is 0 Å². The highest BCUT2D eigenvalue weighted by Crippen LogP contribution is 2.29. The van der Waals surface area contributed by atoms with Crippen molar-refractivity contribution in [2.24, 2.45) is 0 Å². The fourth-order valence-electron chi connectivity index (χ4n) is 2.61. The molecule has 0 bridgehead atoms. The van der Waals surface area contributed by atoms with Gasteiger partial charge in [-0.05, 0) is 24.6 Å². The van der Waals surface area contributed by atoms with Gasteiger partial charge in [0, 0.05) is 24.0 Å². The van der Waals surface area contributed by atoms with Crippen molar-refractivity contribution in [1.82, 2.24) is 14.9 Å². The van der Waals surface area contributed by atoms with Crippen LogP contribution in [0.25, 0.3) is 11.0 Å². The van der Waals surface area contributed by atoms with Crippen LogP contribution in [0.3, 0.4) is 0 Å². The molecule has 1 aromatic carbocycles. The average Bonchev–Trinajstić information content (AvgIpc) is 2.76. The smallest absolute Gasteiger partial charge is 0.222 e. The standard InChI is InChI=1S/C13H13Cl2N3O/c14-7-12-17-10-5-8(15)1-2-11(10)18(12)9-3-4-16-13(19)6-9/h1-2,5,9H,3-4,6-7H2,(H,16,19). The maximum absolute atomic E-state index is 11.6. The molecule has 0 aliphatic carbocycles. The minimum atomic E-state index is 0.0765. The summed E-state index contributed by atoms with van der Waals surface area (Å²) >= 11 is 12.0. The first-order valence-corrected chi connectivity index (χ1v) is 7.09. The molecule has 2 heterocycles. The Morgan fingerprint density at radius 3 is 3.05 bits per heavy atom. The number of hydrogen-bond acceptors (Lipinski definition) is 2. The Kier molecular flexibility index (Phi) is 3.37. The van der Waals surface area contributed by atoms with Gasteiger partial charge in [-0.3, -0.25) is 4.79 Å². The summed E-state index contributed by atoms with van der Waals surface area (Å²) in [6, 6.07) is 5.72. The zero-order valence-electron chi connectivity index (χ0n) is 10.2. The normalized spacial score (nSPS) is 19.7. The molecule has 6 heteroatoms. The third kappa shape index (κ3) is 2.30. The van der Waals surface area contributed by atoms with E-state index in [9.17, 15) is 4.79 Å². The Labute approximate surface area is 120 Å². The van der Waals surface area contributed by atoms with E-state index in [0.717, 1.165) is 23.3 Å². The molecule has 0 saturated carbocycles. The van der Waals surface area contributed by atoms with Crippen LogP contribution in [0.4, 0.5) is 0 Å². The van der Waals surface area contributed by atoms with Crippen molar-refractivity contribution in [2.45, 2.75) is 24.8 Å². The van der Waals surface area contributed by atoms with Gasteiger partial charge in [-0.15, -0.1) is 11.6 Å². The zero-order chi connectivity index (χ0) is 13.4. The van der Waals surface area contributed by atoms with E-state index in [2.05, 4.69) is 14.9 Å². The lowest BCUT2D eigenvalue weighted by molar-refractivity contribution is -0.123. The highest BCUT2D eigenvalue weighted by Gasteiger charge is 2.24. The van der Waals surface area contributed by atoms with Gasteiger partial charge < -0.3 is 9.88 Å². The number of fused-ring (bicyclic) bond motifs is 1. The number of carbonyl (C=O) groups excluding carboxylic acids is 1. The van der Waals surface area contributed by atoms with Crippen molar-refractivity contribution in [3.8, 4) is 0 Å². The molecule has 1 aliphatic rings. The maximum atomic E-state index is 11.6. The number of rotatable bonds is 2. The number of carbonyl (C=O) groups is 1. The summed E-state index contributed by atoms with van der Waals surface area (Å²) < 4.78 is 2.08. The van der Waals surface area contributed by atoms with Crippen LogP contribution in [0.15, 0.2) is 18.2 Å². The number of alkyl halides is 1. The largest absolute Gasteiger partial charge is 0.356 e. The van der Waals surface area contributed by atoms with Crippen molar-refractivity contribution in [2.75, 3.05) is 6.54 Å². The lowest BCUT2D eigenvalue weighted by Crippen LogP contribution is -2.35. The second-order valence-corrected chi connectivity index (χ2v) is 5.36. The highest BCUT2D eigenvalue weighted by atomic mass is 35.5. The van der Waals surface area contributed by atoms with Gasteiger partial charge in [0.2, 0.25) is 5.91 Å². The molecule has 1 saturated heterocycles. The van der Waals surface area contributed by atoms with E-state index in [1.54, 1.807) is 0 Å². The molecule has 19 heavy (non-hydrogen) atoms. The average molecular weight is 298 g/mol. The fraction of sp³-hybridized carbons (Fsp3) is 0.385. The molecule has 1 N–H and O–H groups in total. The van der Waals surface area contributed by atoms with Gasteiger partial charge >= 0.3 is 0 Å². The molecule has 4 nitrogen and oxygen atoms in total. The van der Waals surface area contributed by atoms with E-state index in [0.29, 0.717) is 23.9 Å². The summed E-state index contributed by atoms with van der Waals surface area (Å²) in [6.07, 6.45) is 1.36. The molecule has 0 spiro atoms. The van der Waals surface area contributed by atoms with Gasteiger partial charge in [0.25, 0.3) is 0 Å². The van der Waals surface area contributed by atoms with Gasteiger partial charge in [0.15, 0.2) is 0 Å². The molecule has 100 valence electrons. The molecular weight excluding hydrogens is 285 g/mol. The number of piperidine rings is 1. The first-order chi connectivity index (χ1) is 9.19. The van der Waals surface area contributed by atoms with Crippen LogP contribution in [0, 0.1) is 0 Å². The summed E-state index contributed by atoms with van der Waals surface area (Å²) in [5.41, 5.74) is 1.81. The number of benzene rings is 1. The minimum Gasteiger partial charge on any atom is -0.356 e. The molecule has 1 aliphatic heterocycles. The maximum Gasteiger partial charge on any atom is 0.222 e. The third-order valence-electron chi connectivity index (χ3n) is 3.43. The molecule has 0 radical (unpaired) electrons. The van der Waals surface area contributed by atoms with Crippen molar-refractivity contribution in [1.29, 1.82) is 0 Å². The minimum absolute atomic E-state index is 0.0765. The predicted octanol–water partition coefficient (Wildman–Crippen LogP) is 2.88. The number of aromatic nitrogens is 2. The second kappa shape index (κ2) is 5.02. The molecule has 1 unspecified atom stereocenters. The Balaban J connectivity index is 2.12. The predicted molar refractivity (Wildman–Crippen MR) is 75.6 cm³/mol. The molecule has 1 aromatic heterocycles. The van der Waals surface area contributed by atoms with Gasteiger partial charge in [0.05, 0.1) is 16.9 Å². The number of halogens is 2. The lowest BCUT2D eigenvalue weighted by atomic mass is 10.1. The van der Waals surface area contributed by atoms with Crippen molar-refractivity contribution in [3.63, 3.8) is 0 Å². The van der Waals surface area contributed by atoms with Gasteiger partial charge in [-0.2, -0.15) is 0 Å². The first-order valence-electron chi connectivity index (χ1n) is 6.18. The Morgan fingerprint density at radius 1 is 1.47 bits per heavy atom. The van der Waals surface area contributed by atoms with Crippen LogP contribution in [-0.2, 0) is 10.7 Å². The Bertz CT molecular complexity index is 638. The Hall–Kier alpha value is -1.26. The third-order valence-corrected chi connectivity index (χ3v) is 3.90. The van der Waals surface area contributed by atoms with Crippen molar-refractivity contribution in [3.05, 3.63) is 29.0 Å². The van der Waals surface area contributed by atoms with Gasteiger partial charge in [0.1, 0.15) is 5.82 Å². The van der Waals surface area contributed by atoms with Crippen LogP contribution >= 0.6 is 23.2 Å². The van der Waals surface area contributed by atoms with Crippen LogP contribution < -0.4 is 5.32 Å². The summed E-state index contributed by atoms with van der Waals surface area (Å²) in [7, 11) is 0.